The fraction of sp³-hybridized carbons (Fsp3) is 0.615. The number of carbonyl (C=O) groups is 2. The van der Waals surface area contributed by atoms with Crippen LogP contribution in [0.15, 0.2) is 18.5 Å². The summed E-state index contributed by atoms with van der Waals surface area (Å²) in [6, 6.07) is 0.824. The van der Waals surface area contributed by atoms with E-state index in [2.05, 4.69) is 10.4 Å². The number of amides is 2. The van der Waals surface area contributed by atoms with Crippen LogP contribution in [0, 0.1) is 5.92 Å². The van der Waals surface area contributed by atoms with Crippen molar-refractivity contribution in [2.45, 2.75) is 30.8 Å². The summed E-state index contributed by atoms with van der Waals surface area (Å²) < 4.78 is 1.73. The summed E-state index contributed by atoms with van der Waals surface area (Å²) in [5, 5.41) is 16.2. The van der Waals surface area contributed by atoms with Crippen molar-refractivity contribution in [1.29, 1.82) is 0 Å². The van der Waals surface area contributed by atoms with Gasteiger partial charge in [-0.05, 0) is 24.8 Å². The number of carboxylic acid groups (broad SMARTS) is 1. The molecule has 0 aromatic carbocycles. The van der Waals surface area contributed by atoms with Crippen LogP contribution in [0.2, 0.25) is 0 Å². The van der Waals surface area contributed by atoms with Crippen LogP contribution in [0.1, 0.15) is 12.8 Å². The first-order chi connectivity index (χ1) is 10.2. The van der Waals surface area contributed by atoms with E-state index in [0.717, 1.165) is 12.8 Å². The third kappa shape index (κ3) is 3.15. The maximum atomic E-state index is 12.3. The van der Waals surface area contributed by atoms with Gasteiger partial charge in [-0.2, -0.15) is 5.10 Å². The second kappa shape index (κ2) is 5.97. The van der Waals surface area contributed by atoms with Gasteiger partial charge in [0.1, 0.15) is 6.04 Å². The third-order valence-electron chi connectivity index (χ3n) is 3.76. The van der Waals surface area contributed by atoms with Gasteiger partial charge in [0, 0.05) is 24.7 Å². The van der Waals surface area contributed by atoms with Crippen molar-refractivity contribution >= 4 is 23.8 Å². The molecule has 7 nitrogen and oxygen atoms in total. The summed E-state index contributed by atoms with van der Waals surface area (Å²) >= 11 is 1.58. The number of urea groups is 1. The zero-order valence-electron chi connectivity index (χ0n) is 11.5. The van der Waals surface area contributed by atoms with Gasteiger partial charge in [0.2, 0.25) is 0 Å². The molecule has 1 aliphatic carbocycles. The summed E-state index contributed by atoms with van der Waals surface area (Å²) in [5.41, 5.74) is 0. The van der Waals surface area contributed by atoms with Crippen molar-refractivity contribution in [2.75, 3.05) is 12.3 Å². The Morgan fingerprint density at radius 3 is 2.86 bits per heavy atom. The van der Waals surface area contributed by atoms with Crippen molar-refractivity contribution in [2.24, 2.45) is 5.92 Å². The highest BCUT2D eigenvalue weighted by Crippen LogP contribution is 2.45. The van der Waals surface area contributed by atoms with Crippen LogP contribution >= 0.6 is 11.8 Å². The number of carbonyl (C=O) groups excluding carboxylic acids is 1. The molecule has 21 heavy (non-hydrogen) atoms. The first kappa shape index (κ1) is 14.2. The average Bonchev–Trinajstić information content (AvgIpc) is 3.00. The normalized spacial score (nSPS) is 25.0. The predicted molar refractivity (Wildman–Crippen MR) is 77.9 cm³/mol. The van der Waals surface area contributed by atoms with Crippen molar-refractivity contribution in [3.05, 3.63) is 18.5 Å². The molecule has 1 aromatic rings. The number of nitrogens with zero attached hydrogens (tertiary/aromatic N) is 3. The largest absolute Gasteiger partial charge is 0.480 e. The van der Waals surface area contributed by atoms with E-state index in [4.69, 9.17) is 0 Å². The molecule has 1 saturated heterocycles. The molecular formula is C13H18N4O3S. The van der Waals surface area contributed by atoms with E-state index in [-0.39, 0.29) is 11.4 Å². The summed E-state index contributed by atoms with van der Waals surface area (Å²) in [5.74, 6) is 0.00684. The van der Waals surface area contributed by atoms with Gasteiger partial charge in [-0.1, -0.05) is 0 Å². The highest BCUT2D eigenvalue weighted by atomic mass is 32.2. The SMILES string of the molecule is O=C(O)C1CSC(C2CC2)N1C(=O)NCCn1cccn1. The predicted octanol–water partition coefficient (Wildman–Crippen LogP) is 0.831. The Bertz CT molecular complexity index is 517. The lowest BCUT2D eigenvalue weighted by atomic mass is 10.2. The number of rotatable bonds is 5. The zero-order valence-corrected chi connectivity index (χ0v) is 12.3. The first-order valence-electron chi connectivity index (χ1n) is 7.05. The third-order valence-corrected chi connectivity index (χ3v) is 5.22. The lowest BCUT2D eigenvalue weighted by Crippen LogP contribution is -2.51. The minimum atomic E-state index is -0.923. The summed E-state index contributed by atoms with van der Waals surface area (Å²) in [7, 11) is 0. The summed E-state index contributed by atoms with van der Waals surface area (Å²) in [4.78, 5) is 25.2. The van der Waals surface area contributed by atoms with Crippen molar-refractivity contribution < 1.29 is 14.7 Å². The number of carboxylic acids is 1. The van der Waals surface area contributed by atoms with E-state index in [0.29, 0.717) is 24.8 Å². The van der Waals surface area contributed by atoms with Gasteiger partial charge in [-0.25, -0.2) is 9.59 Å². The van der Waals surface area contributed by atoms with E-state index in [9.17, 15) is 14.7 Å². The number of aromatic nitrogens is 2. The topological polar surface area (TPSA) is 87.5 Å². The Morgan fingerprint density at radius 1 is 1.43 bits per heavy atom. The van der Waals surface area contributed by atoms with E-state index in [1.807, 2.05) is 12.3 Å². The van der Waals surface area contributed by atoms with Crippen LogP contribution in [0.25, 0.3) is 0 Å². The van der Waals surface area contributed by atoms with Crippen molar-refractivity contribution in [3.8, 4) is 0 Å². The van der Waals surface area contributed by atoms with Crippen molar-refractivity contribution in [1.82, 2.24) is 20.0 Å². The van der Waals surface area contributed by atoms with Gasteiger partial charge >= 0.3 is 12.0 Å². The van der Waals surface area contributed by atoms with Gasteiger partial charge in [-0.3, -0.25) is 9.58 Å². The lowest BCUT2D eigenvalue weighted by Gasteiger charge is -2.27. The van der Waals surface area contributed by atoms with Gasteiger partial charge < -0.3 is 10.4 Å². The molecule has 2 amide bonds. The second-order valence-corrected chi connectivity index (χ2v) is 6.47. The van der Waals surface area contributed by atoms with Gasteiger partial charge in [0.05, 0.1) is 11.9 Å². The molecule has 0 bridgehead atoms. The number of hydrogen-bond donors (Lipinski definition) is 2. The summed E-state index contributed by atoms with van der Waals surface area (Å²) in [6.07, 6.45) is 5.68. The lowest BCUT2D eigenvalue weighted by molar-refractivity contribution is -0.141. The number of nitrogens with one attached hydrogen (secondary N) is 1. The quantitative estimate of drug-likeness (QED) is 0.841. The molecule has 2 fully saturated rings. The van der Waals surface area contributed by atoms with Crippen LogP contribution in [-0.2, 0) is 11.3 Å². The smallest absolute Gasteiger partial charge is 0.327 e. The standard InChI is InChI=1S/C13H18N4O3S/c18-12(19)10-8-21-11(9-2-3-9)17(10)13(20)14-5-7-16-6-1-4-15-16/h1,4,6,9-11H,2-3,5,7-8H2,(H,14,20)(H,18,19). The number of thioether (sulfide) groups is 1. The van der Waals surface area contributed by atoms with Gasteiger partial charge in [0.15, 0.2) is 0 Å². The Hall–Kier alpha value is -1.70. The van der Waals surface area contributed by atoms with E-state index < -0.39 is 12.0 Å². The highest BCUT2D eigenvalue weighted by Gasteiger charge is 2.47. The van der Waals surface area contributed by atoms with Crippen LogP contribution in [-0.4, -0.2) is 55.5 Å². The first-order valence-corrected chi connectivity index (χ1v) is 8.09. The summed E-state index contributed by atoms with van der Waals surface area (Å²) in [6.45, 7) is 1.01. The second-order valence-electron chi connectivity index (χ2n) is 5.32. The minimum Gasteiger partial charge on any atom is -0.480 e. The molecule has 3 rings (SSSR count). The number of hydrogen-bond acceptors (Lipinski definition) is 4. The Morgan fingerprint density at radius 2 is 2.24 bits per heavy atom. The monoisotopic (exact) mass is 310 g/mol. The molecule has 2 unspecified atom stereocenters. The Labute approximate surface area is 126 Å². The van der Waals surface area contributed by atoms with Crippen LogP contribution in [0.5, 0.6) is 0 Å². The molecule has 8 heteroatoms. The van der Waals surface area contributed by atoms with E-state index in [1.54, 1.807) is 22.6 Å². The van der Waals surface area contributed by atoms with Crippen LogP contribution in [0.4, 0.5) is 4.79 Å². The van der Waals surface area contributed by atoms with Gasteiger partial charge in [0.25, 0.3) is 0 Å². The fourth-order valence-corrected chi connectivity index (χ4v) is 4.15. The molecule has 2 heterocycles. The van der Waals surface area contributed by atoms with Gasteiger partial charge in [-0.15, -0.1) is 11.8 Å². The van der Waals surface area contributed by atoms with Crippen LogP contribution in [0.3, 0.4) is 0 Å². The molecule has 0 radical (unpaired) electrons. The number of aliphatic carboxylic acids is 1. The van der Waals surface area contributed by atoms with E-state index in [1.165, 1.54) is 4.90 Å². The Balaban J connectivity index is 1.58. The maximum absolute atomic E-state index is 12.3. The maximum Gasteiger partial charge on any atom is 0.327 e. The highest BCUT2D eigenvalue weighted by molar-refractivity contribution is 8.00. The molecule has 0 spiro atoms. The molecule has 1 aromatic heterocycles. The Kier molecular flexibility index (Phi) is 4.05. The molecule has 114 valence electrons. The fourth-order valence-electron chi connectivity index (χ4n) is 2.52. The van der Waals surface area contributed by atoms with Crippen LogP contribution < -0.4 is 5.32 Å². The zero-order chi connectivity index (χ0) is 14.8. The van der Waals surface area contributed by atoms with Crippen molar-refractivity contribution in [3.63, 3.8) is 0 Å². The van der Waals surface area contributed by atoms with E-state index >= 15 is 0 Å². The minimum absolute atomic E-state index is 0.0100. The molecule has 2 atom stereocenters. The molecule has 2 aliphatic rings. The molecule has 1 aliphatic heterocycles. The molecule has 2 N–H and O–H groups in total. The molecular weight excluding hydrogens is 292 g/mol. The average molecular weight is 310 g/mol. The molecule has 1 saturated carbocycles.